The normalized spacial score (nSPS) is 10.2. The first-order valence-electron chi connectivity index (χ1n) is 6.03. The number of carboxylic acid groups (broad SMARTS) is 1. The van der Waals surface area contributed by atoms with E-state index in [1.165, 1.54) is 12.1 Å². The van der Waals surface area contributed by atoms with Gasteiger partial charge in [0.2, 0.25) is 0 Å². The highest BCUT2D eigenvalue weighted by atomic mass is 35.5. The maximum Gasteiger partial charge on any atom is 0.337 e. The molecule has 5 nitrogen and oxygen atoms in total. The predicted octanol–water partition coefficient (Wildman–Crippen LogP) is 2.67. The van der Waals surface area contributed by atoms with Gasteiger partial charge in [-0.2, -0.15) is 0 Å². The summed E-state index contributed by atoms with van der Waals surface area (Å²) in [7, 11) is 0. The summed E-state index contributed by atoms with van der Waals surface area (Å²) in [5.41, 5.74) is 7.50. The van der Waals surface area contributed by atoms with Gasteiger partial charge < -0.3 is 16.2 Å². The molecule has 2 aromatic rings. The van der Waals surface area contributed by atoms with Gasteiger partial charge >= 0.3 is 5.97 Å². The molecule has 0 spiro atoms. The van der Waals surface area contributed by atoms with Crippen molar-refractivity contribution in [3.63, 3.8) is 0 Å². The summed E-state index contributed by atoms with van der Waals surface area (Å²) in [5.74, 6) is -1.06. The second kappa shape index (κ2) is 6.25. The molecule has 0 aliphatic heterocycles. The second-order valence-corrected chi connectivity index (χ2v) is 4.67. The molecule has 1 heterocycles. The van der Waals surface area contributed by atoms with E-state index in [2.05, 4.69) is 10.3 Å². The maximum absolute atomic E-state index is 11.2. The highest BCUT2D eigenvalue weighted by Crippen LogP contribution is 2.29. The van der Waals surface area contributed by atoms with E-state index in [-0.39, 0.29) is 5.56 Å². The molecule has 1 aromatic heterocycles. The minimum atomic E-state index is -1.06. The summed E-state index contributed by atoms with van der Waals surface area (Å²) < 4.78 is 0. The Morgan fingerprint density at radius 2 is 2.05 bits per heavy atom. The average molecular weight is 292 g/mol. The molecule has 104 valence electrons. The molecule has 0 fully saturated rings. The molecular weight excluding hydrogens is 278 g/mol. The summed E-state index contributed by atoms with van der Waals surface area (Å²) in [4.78, 5) is 15.1. The fraction of sp³-hybridized carbons (Fsp3) is 0.143. The lowest BCUT2D eigenvalue weighted by Gasteiger charge is -2.12. The van der Waals surface area contributed by atoms with Crippen LogP contribution in [0.1, 0.15) is 15.9 Å². The lowest BCUT2D eigenvalue weighted by atomic mass is 10.1. The Kier molecular flexibility index (Phi) is 4.42. The molecule has 0 amide bonds. The standard InChI is InChI=1S/C14H14ClN3O2/c15-12-8-10(16)7-11(14(19)20)13(12)18-6-3-9-1-4-17-5-2-9/h1-2,4-5,7-8,18H,3,6,16H2,(H,19,20). The molecule has 0 bridgehead atoms. The van der Waals surface area contributed by atoms with Gasteiger partial charge in [-0.05, 0) is 36.2 Å². The van der Waals surface area contributed by atoms with Crippen LogP contribution in [0, 0.1) is 0 Å². The van der Waals surface area contributed by atoms with Crippen molar-refractivity contribution in [3.8, 4) is 0 Å². The fourth-order valence-corrected chi connectivity index (χ4v) is 2.15. The van der Waals surface area contributed by atoms with E-state index in [0.717, 1.165) is 12.0 Å². The lowest BCUT2D eigenvalue weighted by molar-refractivity contribution is 0.0698. The zero-order valence-electron chi connectivity index (χ0n) is 10.6. The lowest BCUT2D eigenvalue weighted by Crippen LogP contribution is -2.10. The van der Waals surface area contributed by atoms with Crippen molar-refractivity contribution >= 4 is 28.9 Å². The van der Waals surface area contributed by atoms with Crippen LogP contribution in [-0.4, -0.2) is 22.6 Å². The number of aromatic carboxylic acids is 1. The Bertz CT molecular complexity index is 617. The van der Waals surface area contributed by atoms with E-state index in [4.69, 9.17) is 22.4 Å². The number of benzene rings is 1. The van der Waals surface area contributed by atoms with Crippen LogP contribution in [0.4, 0.5) is 11.4 Å². The van der Waals surface area contributed by atoms with Gasteiger partial charge in [0.05, 0.1) is 16.3 Å². The third-order valence-electron chi connectivity index (χ3n) is 2.81. The monoisotopic (exact) mass is 291 g/mol. The Hall–Kier alpha value is -2.27. The molecular formula is C14H14ClN3O2. The van der Waals surface area contributed by atoms with Gasteiger partial charge in [-0.15, -0.1) is 0 Å². The number of nitrogens with one attached hydrogen (secondary N) is 1. The molecule has 4 N–H and O–H groups in total. The summed E-state index contributed by atoms with van der Waals surface area (Å²) in [5, 5.41) is 12.5. The largest absolute Gasteiger partial charge is 0.478 e. The minimum absolute atomic E-state index is 0.0738. The summed E-state index contributed by atoms with van der Waals surface area (Å²) >= 11 is 6.04. The number of anilines is 2. The van der Waals surface area contributed by atoms with Crippen LogP contribution in [-0.2, 0) is 6.42 Å². The Morgan fingerprint density at radius 3 is 2.70 bits per heavy atom. The van der Waals surface area contributed by atoms with Crippen molar-refractivity contribution < 1.29 is 9.90 Å². The van der Waals surface area contributed by atoms with Crippen LogP contribution in [0.2, 0.25) is 5.02 Å². The average Bonchev–Trinajstić information content (AvgIpc) is 2.41. The topological polar surface area (TPSA) is 88.2 Å². The molecule has 20 heavy (non-hydrogen) atoms. The van der Waals surface area contributed by atoms with E-state index < -0.39 is 5.97 Å². The number of halogens is 1. The number of nitrogens with two attached hydrogens (primary N) is 1. The van der Waals surface area contributed by atoms with Crippen molar-refractivity contribution in [2.24, 2.45) is 0 Å². The van der Waals surface area contributed by atoms with Crippen LogP contribution < -0.4 is 11.1 Å². The molecule has 2 rings (SSSR count). The molecule has 0 radical (unpaired) electrons. The molecule has 0 aliphatic rings. The molecule has 0 aliphatic carbocycles. The molecule has 6 heteroatoms. The number of aromatic nitrogens is 1. The zero-order valence-corrected chi connectivity index (χ0v) is 11.4. The van der Waals surface area contributed by atoms with Crippen molar-refractivity contribution in [1.29, 1.82) is 0 Å². The van der Waals surface area contributed by atoms with Gasteiger partial charge in [0.15, 0.2) is 0 Å². The number of pyridine rings is 1. The van der Waals surface area contributed by atoms with Crippen LogP contribution in [0.3, 0.4) is 0 Å². The number of hydrogen-bond acceptors (Lipinski definition) is 4. The van der Waals surface area contributed by atoms with Crippen molar-refractivity contribution in [1.82, 2.24) is 4.98 Å². The summed E-state index contributed by atoms with van der Waals surface area (Å²) in [6.45, 7) is 0.563. The van der Waals surface area contributed by atoms with E-state index in [1.807, 2.05) is 12.1 Å². The van der Waals surface area contributed by atoms with Crippen molar-refractivity contribution in [2.75, 3.05) is 17.6 Å². The predicted molar refractivity (Wildman–Crippen MR) is 79.3 cm³/mol. The van der Waals surface area contributed by atoms with E-state index in [9.17, 15) is 4.79 Å². The summed E-state index contributed by atoms with van der Waals surface area (Å²) in [6, 6.07) is 6.74. The van der Waals surface area contributed by atoms with Crippen LogP contribution in [0.5, 0.6) is 0 Å². The van der Waals surface area contributed by atoms with E-state index in [1.54, 1.807) is 12.4 Å². The molecule has 1 aromatic carbocycles. The Balaban J connectivity index is 2.11. The van der Waals surface area contributed by atoms with E-state index in [0.29, 0.717) is 22.9 Å². The van der Waals surface area contributed by atoms with Gasteiger partial charge in [0.1, 0.15) is 0 Å². The first kappa shape index (κ1) is 14.1. The first-order chi connectivity index (χ1) is 9.58. The molecule has 0 saturated carbocycles. The van der Waals surface area contributed by atoms with Crippen LogP contribution in [0.15, 0.2) is 36.7 Å². The minimum Gasteiger partial charge on any atom is -0.478 e. The zero-order chi connectivity index (χ0) is 14.5. The third-order valence-corrected chi connectivity index (χ3v) is 3.11. The number of carbonyl (C=O) groups is 1. The fourth-order valence-electron chi connectivity index (χ4n) is 1.86. The highest BCUT2D eigenvalue weighted by Gasteiger charge is 2.14. The van der Waals surface area contributed by atoms with Gasteiger partial charge in [0, 0.05) is 24.6 Å². The van der Waals surface area contributed by atoms with E-state index >= 15 is 0 Å². The SMILES string of the molecule is Nc1cc(Cl)c(NCCc2ccncc2)c(C(=O)O)c1. The molecule has 0 atom stereocenters. The maximum atomic E-state index is 11.2. The number of nitrogen functional groups attached to an aromatic ring is 1. The number of nitrogens with zero attached hydrogens (tertiary/aromatic N) is 1. The van der Waals surface area contributed by atoms with Gasteiger partial charge in [-0.25, -0.2) is 4.79 Å². The van der Waals surface area contributed by atoms with Gasteiger partial charge in [-0.1, -0.05) is 11.6 Å². The van der Waals surface area contributed by atoms with Crippen molar-refractivity contribution in [2.45, 2.75) is 6.42 Å². The highest BCUT2D eigenvalue weighted by molar-refractivity contribution is 6.34. The van der Waals surface area contributed by atoms with Gasteiger partial charge in [0.25, 0.3) is 0 Å². The number of hydrogen-bond donors (Lipinski definition) is 3. The third kappa shape index (κ3) is 3.39. The van der Waals surface area contributed by atoms with Crippen molar-refractivity contribution in [3.05, 3.63) is 52.8 Å². The van der Waals surface area contributed by atoms with Gasteiger partial charge in [-0.3, -0.25) is 4.98 Å². The van der Waals surface area contributed by atoms with Crippen LogP contribution in [0.25, 0.3) is 0 Å². The Labute approximate surface area is 121 Å². The quantitative estimate of drug-likeness (QED) is 0.737. The first-order valence-corrected chi connectivity index (χ1v) is 6.41. The Morgan fingerprint density at radius 1 is 1.35 bits per heavy atom. The molecule has 0 saturated heterocycles. The molecule has 0 unspecified atom stereocenters. The number of carboxylic acids is 1. The van der Waals surface area contributed by atoms with Crippen LogP contribution >= 0.6 is 11.6 Å². The summed E-state index contributed by atoms with van der Waals surface area (Å²) in [6.07, 6.45) is 4.17. The smallest absolute Gasteiger partial charge is 0.337 e. The number of rotatable bonds is 5. The second-order valence-electron chi connectivity index (χ2n) is 4.26.